The number of aromatic nitrogens is 1. The quantitative estimate of drug-likeness (QED) is 0.734. The van der Waals surface area contributed by atoms with Crippen LogP contribution in [0.3, 0.4) is 0 Å². The van der Waals surface area contributed by atoms with Crippen LogP contribution in [0.5, 0.6) is 5.88 Å². The molecule has 0 radical (unpaired) electrons. The molecule has 0 saturated carbocycles. The van der Waals surface area contributed by atoms with E-state index in [0.29, 0.717) is 5.88 Å². The van der Waals surface area contributed by atoms with E-state index in [1.54, 1.807) is 25.3 Å². The first-order valence-corrected chi connectivity index (χ1v) is 4.68. The monoisotopic (exact) mass is 235 g/mol. The second-order valence-corrected chi connectivity index (χ2v) is 3.14. The van der Waals surface area contributed by atoms with Gasteiger partial charge in [0.2, 0.25) is 5.88 Å². The van der Waals surface area contributed by atoms with Gasteiger partial charge in [0.15, 0.2) is 0 Å². The molecule has 0 aliphatic heterocycles. The van der Waals surface area contributed by atoms with Crippen molar-refractivity contribution < 1.29 is 22.6 Å². The zero-order valence-corrected chi connectivity index (χ0v) is 8.75. The third-order valence-corrected chi connectivity index (χ3v) is 1.69. The summed E-state index contributed by atoms with van der Waals surface area (Å²) in [6.45, 7) is 0.486. The zero-order valence-electron chi connectivity index (χ0n) is 8.75. The molecule has 0 spiro atoms. The molecule has 1 heterocycles. The van der Waals surface area contributed by atoms with E-state index in [0.717, 1.165) is 5.56 Å². The van der Waals surface area contributed by atoms with Gasteiger partial charge in [0.25, 0.3) is 0 Å². The number of ether oxygens (including phenoxy) is 2. The lowest BCUT2D eigenvalue weighted by molar-refractivity contribution is -0.175. The molecule has 3 nitrogen and oxygen atoms in total. The maximum absolute atomic E-state index is 11.7. The summed E-state index contributed by atoms with van der Waals surface area (Å²) in [5.41, 5.74) is 0.832. The summed E-state index contributed by atoms with van der Waals surface area (Å²) in [5.74, 6) is 0.415. The molecule has 0 aliphatic rings. The number of hydrogen-bond donors (Lipinski definition) is 0. The molecule has 0 bridgehead atoms. The number of pyridine rings is 1. The smallest absolute Gasteiger partial charge is 0.411 e. The molecule has 0 atom stereocenters. The van der Waals surface area contributed by atoms with Gasteiger partial charge in [-0.05, 0) is 13.0 Å². The lowest BCUT2D eigenvalue weighted by atomic mass is 10.3. The van der Waals surface area contributed by atoms with Crippen molar-refractivity contribution in [2.24, 2.45) is 0 Å². The third kappa shape index (κ3) is 4.97. The lowest BCUT2D eigenvalue weighted by Crippen LogP contribution is -2.19. The zero-order chi connectivity index (χ0) is 12.0. The standard InChI is InChI=1S/C10H12F3NO2/c1-8-3-2-4-14-9(8)16-6-5-15-7-10(11,12)13/h2-4H,5-7H2,1H3. The highest BCUT2D eigenvalue weighted by Gasteiger charge is 2.27. The summed E-state index contributed by atoms with van der Waals surface area (Å²) >= 11 is 0. The van der Waals surface area contributed by atoms with E-state index in [1.807, 2.05) is 0 Å². The summed E-state index contributed by atoms with van der Waals surface area (Å²) in [7, 11) is 0. The summed E-state index contributed by atoms with van der Waals surface area (Å²) in [6.07, 6.45) is -2.74. The first-order chi connectivity index (χ1) is 7.49. The van der Waals surface area contributed by atoms with Crippen molar-refractivity contribution in [3.63, 3.8) is 0 Å². The Morgan fingerprint density at radius 2 is 2.06 bits per heavy atom. The van der Waals surface area contributed by atoms with Gasteiger partial charge in [-0.2, -0.15) is 13.2 Å². The van der Waals surface area contributed by atoms with Crippen molar-refractivity contribution >= 4 is 0 Å². The number of halogens is 3. The predicted molar refractivity (Wildman–Crippen MR) is 51.3 cm³/mol. The molecule has 6 heteroatoms. The Morgan fingerprint density at radius 1 is 1.31 bits per heavy atom. The van der Waals surface area contributed by atoms with Crippen LogP contribution < -0.4 is 4.74 Å². The van der Waals surface area contributed by atoms with Crippen LogP contribution in [0.25, 0.3) is 0 Å². The minimum Gasteiger partial charge on any atom is -0.475 e. The third-order valence-electron chi connectivity index (χ3n) is 1.69. The maximum Gasteiger partial charge on any atom is 0.411 e. The summed E-state index contributed by atoms with van der Waals surface area (Å²) < 4.78 is 44.6. The van der Waals surface area contributed by atoms with Crippen LogP contribution in [-0.2, 0) is 4.74 Å². The molecule has 1 aromatic rings. The van der Waals surface area contributed by atoms with E-state index in [1.165, 1.54) is 0 Å². The van der Waals surface area contributed by atoms with Crippen LogP contribution in [0, 0.1) is 6.92 Å². The van der Waals surface area contributed by atoms with Gasteiger partial charge in [-0.25, -0.2) is 4.98 Å². The van der Waals surface area contributed by atoms with Crippen molar-refractivity contribution in [1.82, 2.24) is 4.98 Å². The second kappa shape index (κ2) is 5.69. The predicted octanol–water partition coefficient (Wildman–Crippen LogP) is 2.35. The van der Waals surface area contributed by atoms with Gasteiger partial charge in [-0.15, -0.1) is 0 Å². The molecule has 0 aromatic carbocycles. The Kier molecular flexibility index (Phi) is 4.54. The van der Waals surface area contributed by atoms with Crippen molar-refractivity contribution in [1.29, 1.82) is 0 Å². The summed E-state index contributed by atoms with van der Waals surface area (Å²) in [4.78, 5) is 3.92. The SMILES string of the molecule is Cc1cccnc1OCCOCC(F)(F)F. The number of nitrogens with zero attached hydrogens (tertiary/aromatic N) is 1. The summed E-state index contributed by atoms with van der Waals surface area (Å²) in [6, 6.07) is 3.56. The van der Waals surface area contributed by atoms with Crippen molar-refractivity contribution in [3.8, 4) is 5.88 Å². The molecule has 1 rings (SSSR count). The fourth-order valence-corrected chi connectivity index (χ4v) is 1.01. The molecule has 0 fully saturated rings. The normalized spacial score (nSPS) is 11.5. The molecule has 16 heavy (non-hydrogen) atoms. The Labute approximate surface area is 91.2 Å². The number of hydrogen-bond acceptors (Lipinski definition) is 3. The Morgan fingerprint density at radius 3 is 2.69 bits per heavy atom. The lowest BCUT2D eigenvalue weighted by Gasteiger charge is -2.09. The van der Waals surface area contributed by atoms with Gasteiger partial charge >= 0.3 is 6.18 Å². The highest BCUT2D eigenvalue weighted by Crippen LogP contribution is 2.14. The van der Waals surface area contributed by atoms with Crippen LogP contribution in [0.4, 0.5) is 13.2 Å². The van der Waals surface area contributed by atoms with Gasteiger partial charge < -0.3 is 9.47 Å². The topological polar surface area (TPSA) is 31.4 Å². The minimum absolute atomic E-state index is 0.0495. The van der Waals surface area contributed by atoms with E-state index in [9.17, 15) is 13.2 Å². The van der Waals surface area contributed by atoms with Gasteiger partial charge in [-0.1, -0.05) is 6.07 Å². The molecule has 90 valence electrons. The van der Waals surface area contributed by atoms with Crippen LogP contribution in [0.1, 0.15) is 5.56 Å². The van der Waals surface area contributed by atoms with Gasteiger partial charge in [0.05, 0.1) is 6.61 Å². The van der Waals surface area contributed by atoms with E-state index in [4.69, 9.17) is 4.74 Å². The number of alkyl halides is 3. The molecular weight excluding hydrogens is 223 g/mol. The van der Waals surface area contributed by atoms with Crippen LogP contribution in [-0.4, -0.2) is 31.0 Å². The number of rotatable bonds is 5. The van der Waals surface area contributed by atoms with Crippen LogP contribution in [0.2, 0.25) is 0 Å². The maximum atomic E-state index is 11.7. The molecule has 0 saturated heterocycles. The molecule has 0 amide bonds. The van der Waals surface area contributed by atoms with E-state index >= 15 is 0 Å². The highest BCUT2D eigenvalue weighted by atomic mass is 19.4. The molecule has 1 aromatic heterocycles. The molecule has 0 N–H and O–H groups in total. The average molecular weight is 235 g/mol. The fraction of sp³-hybridized carbons (Fsp3) is 0.500. The Hall–Kier alpha value is -1.30. The van der Waals surface area contributed by atoms with Crippen molar-refractivity contribution in [3.05, 3.63) is 23.9 Å². The van der Waals surface area contributed by atoms with E-state index in [-0.39, 0.29) is 13.2 Å². The van der Waals surface area contributed by atoms with E-state index < -0.39 is 12.8 Å². The molecule has 0 aliphatic carbocycles. The largest absolute Gasteiger partial charge is 0.475 e. The highest BCUT2D eigenvalue weighted by molar-refractivity contribution is 5.23. The Bertz CT molecular complexity index is 328. The first kappa shape index (κ1) is 12.8. The second-order valence-electron chi connectivity index (χ2n) is 3.14. The summed E-state index contributed by atoms with van der Waals surface area (Å²) in [5, 5.41) is 0. The first-order valence-electron chi connectivity index (χ1n) is 4.68. The van der Waals surface area contributed by atoms with Crippen LogP contribution in [0.15, 0.2) is 18.3 Å². The molecule has 0 unspecified atom stereocenters. The van der Waals surface area contributed by atoms with Crippen molar-refractivity contribution in [2.75, 3.05) is 19.8 Å². The van der Waals surface area contributed by atoms with Crippen molar-refractivity contribution in [2.45, 2.75) is 13.1 Å². The van der Waals surface area contributed by atoms with E-state index in [2.05, 4.69) is 9.72 Å². The number of aryl methyl sites for hydroxylation is 1. The fourth-order valence-electron chi connectivity index (χ4n) is 1.01. The van der Waals surface area contributed by atoms with Crippen LogP contribution >= 0.6 is 0 Å². The van der Waals surface area contributed by atoms with Gasteiger partial charge in [-0.3, -0.25) is 0 Å². The van der Waals surface area contributed by atoms with Gasteiger partial charge in [0, 0.05) is 11.8 Å². The Balaban J connectivity index is 2.19. The van der Waals surface area contributed by atoms with Gasteiger partial charge in [0.1, 0.15) is 13.2 Å². The molecular formula is C10H12F3NO2. The average Bonchev–Trinajstić information content (AvgIpc) is 2.18. The minimum atomic E-state index is -4.29.